The predicted octanol–water partition coefficient (Wildman–Crippen LogP) is 2.05. The maximum Gasteiger partial charge on any atom is 0.319 e. The summed E-state index contributed by atoms with van der Waals surface area (Å²) in [4.78, 5) is 11.7. The van der Waals surface area contributed by atoms with Crippen LogP contribution in [0, 0.1) is 0 Å². The summed E-state index contributed by atoms with van der Waals surface area (Å²) in [6.07, 6.45) is -0.944. The molecule has 1 rings (SSSR count). The van der Waals surface area contributed by atoms with Crippen LogP contribution < -0.4 is 10.6 Å². The van der Waals surface area contributed by atoms with Crippen molar-refractivity contribution in [2.24, 2.45) is 0 Å². The lowest BCUT2D eigenvalue weighted by molar-refractivity contribution is 0.0965. The van der Waals surface area contributed by atoms with E-state index in [2.05, 4.69) is 26.6 Å². The van der Waals surface area contributed by atoms with Gasteiger partial charge in [-0.15, -0.1) is 0 Å². The summed E-state index contributed by atoms with van der Waals surface area (Å²) in [5.74, 6) is 0.274. The molecule has 0 aromatic heterocycles. The van der Waals surface area contributed by atoms with Gasteiger partial charge in [-0.3, -0.25) is 0 Å². The van der Waals surface area contributed by atoms with Crippen LogP contribution in [0.3, 0.4) is 0 Å². The SMILES string of the molecule is CC(C)c1cc(Br)ccc1NC(=O)NC[C@H](O)CO. The summed E-state index contributed by atoms with van der Waals surface area (Å²) in [5.41, 5.74) is 1.75. The van der Waals surface area contributed by atoms with Crippen molar-refractivity contribution in [2.75, 3.05) is 18.5 Å². The zero-order valence-corrected chi connectivity index (χ0v) is 12.6. The van der Waals surface area contributed by atoms with Gasteiger partial charge >= 0.3 is 6.03 Å². The topological polar surface area (TPSA) is 81.6 Å². The molecule has 0 aliphatic rings. The van der Waals surface area contributed by atoms with Crippen LogP contribution in [0.25, 0.3) is 0 Å². The molecule has 4 N–H and O–H groups in total. The third-order valence-corrected chi connectivity index (χ3v) is 3.09. The highest BCUT2D eigenvalue weighted by Crippen LogP contribution is 2.27. The van der Waals surface area contributed by atoms with Crippen LogP contribution in [-0.2, 0) is 0 Å². The van der Waals surface area contributed by atoms with Crippen molar-refractivity contribution in [2.45, 2.75) is 25.9 Å². The molecule has 1 aromatic carbocycles. The Hall–Kier alpha value is -1.11. The van der Waals surface area contributed by atoms with Crippen molar-refractivity contribution < 1.29 is 15.0 Å². The highest BCUT2D eigenvalue weighted by molar-refractivity contribution is 9.10. The average molecular weight is 331 g/mol. The van der Waals surface area contributed by atoms with Crippen LogP contribution in [0.1, 0.15) is 25.3 Å². The molecule has 0 saturated heterocycles. The molecular weight excluding hydrogens is 312 g/mol. The van der Waals surface area contributed by atoms with E-state index in [9.17, 15) is 4.79 Å². The molecule has 0 heterocycles. The van der Waals surface area contributed by atoms with Gasteiger partial charge in [0, 0.05) is 16.7 Å². The second kappa shape index (κ2) is 7.47. The summed E-state index contributed by atoms with van der Waals surface area (Å²) < 4.78 is 0.956. The first-order valence-electron chi connectivity index (χ1n) is 6.07. The minimum Gasteiger partial charge on any atom is -0.394 e. The van der Waals surface area contributed by atoms with Gasteiger partial charge in [0.15, 0.2) is 0 Å². The fraction of sp³-hybridized carbons (Fsp3) is 0.462. The number of halogens is 1. The number of benzene rings is 1. The van der Waals surface area contributed by atoms with E-state index in [1.165, 1.54) is 0 Å². The molecule has 0 unspecified atom stereocenters. The number of amides is 2. The third-order valence-electron chi connectivity index (χ3n) is 2.59. The van der Waals surface area contributed by atoms with Crippen molar-refractivity contribution in [1.29, 1.82) is 0 Å². The molecule has 1 atom stereocenters. The van der Waals surface area contributed by atoms with E-state index in [4.69, 9.17) is 10.2 Å². The maximum absolute atomic E-state index is 11.7. The maximum atomic E-state index is 11.7. The molecular formula is C13H19BrN2O3. The van der Waals surface area contributed by atoms with Gasteiger partial charge in [0.05, 0.1) is 12.7 Å². The Bertz CT molecular complexity index is 438. The zero-order valence-electron chi connectivity index (χ0n) is 11.0. The predicted molar refractivity (Wildman–Crippen MR) is 78.3 cm³/mol. The van der Waals surface area contributed by atoms with E-state index in [0.29, 0.717) is 0 Å². The number of rotatable bonds is 5. The Balaban J connectivity index is 2.68. The molecule has 2 amide bonds. The van der Waals surface area contributed by atoms with Crippen molar-refractivity contribution in [3.05, 3.63) is 28.2 Å². The van der Waals surface area contributed by atoms with Crippen molar-refractivity contribution in [3.63, 3.8) is 0 Å². The van der Waals surface area contributed by atoms with Crippen LogP contribution >= 0.6 is 15.9 Å². The summed E-state index contributed by atoms with van der Waals surface area (Å²) in [7, 11) is 0. The highest BCUT2D eigenvalue weighted by Gasteiger charge is 2.11. The Morgan fingerprint density at radius 3 is 2.68 bits per heavy atom. The Morgan fingerprint density at radius 1 is 1.42 bits per heavy atom. The van der Waals surface area contributed by atoms with Crippen LogP contribution in [-0.4, -0.2) is 35.5 Å². The van der Waals surface area contributed by atoms with E-state index >= 15 is 0 Å². The molecule has 1 aromatic rings. The molecule has 19 heavy (non-hydrogen) atoms. The van der Waals surface area contributed by atoms with Crippen LogP contribution in [0.4, 0.5) is 10.5 Å². The van der Waals surface area contributed by atoms with E-state index in [1.807, 2.05) is 32.0 Å². The van der Waals surface area contributed by atoms with Gasteiger partial charge in [0.25, 0.3) is 0 Å². The number of nitrogens with one attached hydrogen (secondary N) is 2. The quantitative estimate of drug-likeness (QED) is 0.667. The minimum absolute atomic E-state index is 0.00979. The first-order valence-corrected chi connectivity index (χ1v) is 6.86. The fourth-order valence-electron chi connectivity index (χ4n) is 1.57. The molecule has 6 heteroatoms. The lowest BCUT2D eigenvalue weighted by atomic mass is 10.0. The number of hydrogen-bond acceptors (Lipinski definition) is 3. The average Bonchev–Trinajstić information content (AvgIpc) is 2.37. The van der Waals surface area contributed by atoms with Crippen LogP contribution in [0.2, 0.25) is 0 Å². The number of anilines is 1. The standard InChI is InChI=1S/C13H19BrN2O3/c1-8(2)11-5-9(14)3-4-12(11)16-13(19)15-6-10(18)7-17/h3-5,8,10,17-18H,6-7H2,1-2H3,(H2,15,16,19)/t10-/m0/s1. The number of aliphatic hydroxyl groups excluding tert-OH is 2. The van der Waals surface area contributed by atoms with Crippen molar-refractivity contribution in [1.82, 2.24) is 5.32 Å². The van der Waals surface area contributed by atoms with Crippen LogP contribution in [0.5, 0.6) is 0 Å². The van der Waals surface area contributed by atoms with Gasteiger partial charge in [-0.05, 0) is 29.7 Å². The molecule has 0 fully saturated rings. The van der Waals surface area contributed by atoms with Crippen molar-refractivity contribution in [3.8, 4) is 0 Å². The van der Waals surface area contributed by atoms with Gasteiger partial charge in [0.1, 0.15) is 0 Å². The van der Waals surface area contributed by atoms with E-state index in [1.54, 1.807) is 0 Å². The number of urea groups is 1. The highest BCUT2D eigenvalue weighted by atomic mass is 79.9. The lowest BCUT2D eigenvalue weighted by Crippen LogP contribution is -2.36. The van der Waals surface area contributed by atoms with Crippen LogP contribution in [0.15, 0.2) is 22.7 Å². The molecule has 0 aliphatic carbocycles. The van der Waals surface area contributed by atoms with Gasteiger partial charge in [-0.25, -0.2) is 4.79 Å². The van der Waals surface area contributed by atoms with Crippen molar-refractivity contribution >= 4 is 27.6 Å². The number of aliphatic hydroxyl groups is 2. The smallest absolute Gasteiger partial charge is 0.319 e. The van der Waals surface area contributed by atoms with E-state index in [0.717, 1.165) is 15.7 Å². The molecule has 106 valence electrons. The molecule has 0 aliphatic heterocycles. The molecule has 0 saturated carbocycles. The van der Waals surface area contributed by atoms with Gasteiger partial charge in [0.2, 0.25) is 0 Å². The van der Waals surface area contributed by atoms with Gasteiger partial charge < -0.3 is 20.8 Å². The largest absolute Gasteiger partial charge is 0.394 e. The molecule has 0 radical (unpaired) electrons. The molecule has 5 nitrogen and oxygen atoms in total. The summed E-state index contributed by atoms with van der Waals surface area (Å²) in [6.45, 7) is 3.71. The normalized spacial score (nSPS) is 12.3. The second-order valence-corrected chi connectivity index (χ2v) is 5.47. The molecule has 0 bridgehead atoms. The van der Waals surface area contributed by atoms with E-state index in [-0.39, 0.29) is 19.1 Å². The van der Waals surface area contributed by atoms with Gasteiger partial charge in [-0.2, -0.15) is 0 Å². The minimum atomic E-state index is -0.944. The summed E-state index contributed by atoms with van der Waals surface area (Å²) >= 11 is 3.40. The molecule has 0 spiro atoms. The Morgan fingerprint density at radius 2 is 2.11 bits per heavy atom. The fourth-order valence-corrected chi connectivity index (χ4v) is 1.95. The Kier molecular flexibility index (Phi) is 6.27. The Labute approximate surface area is 121 Å². The monoisotopic (exact) mass is 330 g/mol. The first kappa shape index (κ1) is 15.9. The van der Waals surface area contributed by atoms with E-state index < -0.39 is 12.1 Å². The summed E-state index contributed by atoms with van der Waals surface area (Å²) in [5, 5.41) is 23.0. The summed E-state index contributed by atoms with van der Waals surface area (Å²) in [6, 6.07) is 5.23. The first-order chi connectivity index (χ1) is 8.93. The zero-order chi connectivity index (χ0) is 14.4. The number of carbonyl (C=O) groups excluding carboxylic acids is 1. The number of carbonyl (C=O) groups is 1. The van der Waals surface area contributed by atoms with Gasteiger partial charge in [-0.1, -0.05) is 29.8 Å². The lowest BCUT2D eigenvalue weighted by Gasteiger charge is -2.15. The number of hydrogen-bond donors (Lipinski definition) is 4. The third kappa shape index (κ3) is 5.18. The second-order valence-electron chi connectivity index (χ2n) is 4.56.